The van der Waals surface area contributed by atoms with E-state index in [1.54, 1.807) is 18.8 Å². The molecular formula is C14H16ClN3OS. The molecule has 1 amide bonds. The Hall–Kier alpha value is -1.30. The van der Waals surface area contributed by atoms with Crippen LogP contribution >= 0.6 is 23.4 Å². The van der Waals surface area contributed by atoms with E-state index in [1.165, 1.54) is 0 Å². The van der Waals surface area contributed by atoms with E-state index in [-0.39, 0.29) is 12.5 Å². The third kappa shape index (κ3) is 3.62. The minimum absolute atomic E-state index is 0.0560. The van der Waals surface area contributed by atoms with Gasteiger partial charge in [-0.1, -0.05) is 17.7 Å². The number of rotatable bonds is 5. The first-order valence-electron chi connectivity index (χ1n) is 6.18. The molecule has 0 saturated carbocycles. The minimum atomic E-state index is -0.0560. The van der Waals surface area contributed by atoms with Crippen LogP contribution in [0.2, 0.25) is 5.15 Å². The van der Waals surface area contributed by atoms with E-state index in [9.17, 15) is 4.79 Å². The first kappa shape index (κ1) is 15.1. The molecule has 0 fully saturated rings. The summed E-state index contributed by atoms with van der Waals surface area (Å²) in [5.74, 6) is -0.0560. The highest BCUT2D eigenvalue weighted by Crippen LogP contribution is 2.24. The highest BCUT2D eigenvalue weighted by Gasteiger charge is 2.06. The number of carbonyl (C=O) groups is 1. The van der Waals surface area contributed by atoms with Crippen molar-refractivity contribution in [3.05, 3.63) is 35.0 Å². The van der Waals surface area contributed by atoms with Gasteiger partial charge < -0.3 is 10.6 Å². The standard InChI is InChI=1S/C14H16ClN3OS/c1-16-13(19)8-17-7-10-5-9-3-4-11(20-2)6-12(9)18-14(10)15/h3-6,17H,7-8H2,1-2H3,(H,16,19). The number of aromatic nitrogens is 1. The fourth-order valence-electron chi connectivity index (χ4n) is 1.82. The third-order valence-electron chi connectivity index (χ3n) is 2.93. The van der Waals surface area contributed by atoms with Gasteiger partial charge in [-0.25, -0.2) is 4.98 Å². The van der Waals surface area contributed by atoms with Gasteiger partial charge in [-0.05, 0) is 24.5 Å². The number of amides is 1. The highest BCUT2D eigenvalue weighted by molar-refractivity contribution is 7.98. The Morgan fingerprint density at radius 3 is 2.90 bits per heavy atom. The van der Waals surface area contributed by atoms with Crippen LogP contribution in [0.1, 0.15) is 5.56 Å². The molecule has 2 rings (SSSR count). The number of hydrogen-bond donors (Lipinski definition) is 2. The average Bonchev–Trinajstić information content (AvgIpc) is 2.46. The number of benzene rings is 1. The van der Waals surface area contributed by atoms with Gasteiger partial charge in [0.1, 0.15) is 5.15 Å². The number of nitrogens with zero attached hydrogens (tertiary/aromatic N) is 1. The zero-order valence-corrected chi connectivity index (χ0v) is 12.9. The molecule has 106 valence electrons. The summed E-state index contributed by atoms with van der Waals surface area (Å²) in [7, 11) is 1.61. The quantitative estimate of drug-likeness (QED) is 0.658. The fraction of sp³-hybridized carbons (Fsp3) is 0.286. The number of nitrogens with one attached hydrogen (secondary N) is 2. The van der Waals surface area contributed by atoms with Crippen molar-refractivity contribution in [3.63, 3.8) is 0 Å². The summed E-state index contributed by atoms with van der Waals surface area (Å²) in [4.78, 5) is 16.7. The molecule has 0 atom stereocenters. The monoisotopic (exact) mass is 309 g/mol. The number of carbonyl (C=O) groups excluding carboxylic acids is 1. The van der Waals surface area contributed by atoms with Crippen molar-refractivity contribution in [1.82, 2.24) is 15.6 Å². The molecule has 1 heterocycles. The molecule has 2 N–H and O–H groups in total. The number of pyridine rings is 1. The van der Waals surface area contributed by atoms with Crippen LogP contribution in [0.4, 0.5) is 0 Å². The maximum Gasteiger partial charge on any atom is 0.233 e. The van der Waals surface area contributed by atoms with Crippen molar-refractivity contribution in [3.8, 4) is 0 Å². The largest absolute Gasteiger partial charge is 0.358 e. The molecule has 0 radical (unpaired) electrons. The summed E-state index contributed by atoms with van der Waals surface area (Å²) < 4.78 is 0. The first-order valence-corrected chi connectivity index (χ1v) is 7.78. The lowest BCUT2D eigenvalue weighted by atomic mass is 10.1. The maximum atomic E-state index is 11.1. The molecule has 0 aliphatic rings. The zero-order valence-electron chi connectivity index (χ0n) is 11.4. The van der Waals surface area contributed by atoms with Crippen LogP contribution in [-0.2, 0) is 11.3 Å². The van der Waals surface area contributed by atoms with Crippen LogP contribution in [0.25, 0.3) is 10.9 Å². The van der Waals surface area contributed by atoms with Crippen molar-refractivity contribution in [1.29, 1.82) is 0 Å². The lowest BCUT2D eigenvalue weighted by Gasteiger charge is -2.08. The highest BCUT2D eigenvalue weighted by atomic mass is 35.5. The summed E-state index contributed by atoms with van der Waals surface area (Å²) >= 11 is 7.86. The number of fused-ring (bicyclic) bond motifs is 1. The van der Waals surface area contributed by atoms with E-state index in [4.69, 9.17) is 11.6 Å². The van der Waals surface area contributed by atoms with Crippen LogP contribution in [0.15, 0.2) is 29.2 Å². The second-order valence-corrected chi connectivity index (χ2v) is 5.51. The predicted molar refractivity (Wildman–Crippen MR) is 84.3 cm³/mol. The Bertz CT molecular complexity index is 633. The zero-order chi connectivity index (χ0) is 14.5. The Morgan fingerprint density at radius 2 is 2.20 bits per heavy atom. The number of halogens is 1. The number of hydrogen-bond acceptors (Lipinski definition) is 4. The number of thioether (sulfide) groups is 1. The van der Waals surface area contributed by atoms with E-state index >= 15 is 0 Å². The summed E-state index contributed by atoms with van der Waals surface area (Å²) in [5, 5.41) is 7.11. The Balaban J connectivity index is 2.18. The van der Waals surface area contributed by atoms with Crippen LogP contribution < -0.4 is 10.6 Å². The lowest BCUT2D eigenvalue weighted by molar-refractivity contribution is -0.119. The van der Waals surface area contributed by atoms with Gasteiger partial charge >= 0.3 is 0 Å². The summed E-state index contributed by atoms with van der Waals surface area (Å²) in [6.45, 7) is 0.774. The average molecular weight is 310 g/mol. The van der Waals surface area contributed by atoms with E-state index in [0.29, 0.717) is 11.7 Å². The Kier molecular flexibility index (Phi) is 5.23. The number of likely N-dealkylation sites (N-methyl/N-ethyl adjacent to an activating group) is 1. The third-order valence-corrected chi connectivity index (χ3v) is 3.98. The molecule has 4 nitrogen and oxygen atoms in total. The van der Waals surface area contributed by atoms with E-state index in [2.05, 4.69) is 21.7 Å². The minimum Gasteiger partial charge on any atom is -0.358 e. The predicted octanol–water partition coefficient (Wildman–Crippen LogP) is 2.45. The fourth-order valence-corrected chi connectivity index (χ4v) is 2.46. The molecule has 0 aliphatic carbocycles. The van der Waals surface area contributed by atoms with Crippen molar-refractivity contribution < 1.29 is 4.79 Å². The Labute approximate surface area is 127 Å². The summed E-state index contributed by atoms with van der Waals surface area (Å²) in [6, 6.07) is 8.12. The van der Waals surface area contributed by atoms with Gasteiger partial charge in [0.15, 0.2) is 0 Å². The smallest absolute Gasteiger partial charge is 0.233 e. The van der Waals surface area contributed by atoms with Crippen LogP contribution in [0.3, 0.4) is 0 Å². The Morgan fingerprint density at radius 1 is 1.40 bits per heavy atom. The van der Waals surface area contributed by atoms with Crippen LogP contribution in [0.5, 0.6) is 0 Å². The molecule has 0 saturated heterocycles. The van der Waals surface area contributed by atoms with E-state index in [0.717, 1.165) is 21.4 Å². The topological polar surface area (TPSA) is 54.0 Å². The molecule has 0 bridgehead atoms. The second kappa shape index (κ2) is 6.92. The molecule has 2 aromatic rings. The van der Waals surface area contributed by atoms with E-state index < -0.39 is 0 Å². The molecule has 0 unspecified atom stereocenters. The molecule has 0 aliphatic heterocycles. The molecule has 6 heteroatoms. The molecule has 20 heavy (non-hydrogen) atoms. The van der Waals surface area contributed by atoms with Crippen molar-refractivity contribution in [2.45, 2.75) is 11.4 Å². The lowest BCUT2D eigenvalue weighted by Crippen LogP contribution is -2.31. The van der Waals surface area contributed by atoms with Gasteiger partial charge in [0.25, 0.3) is 0 Å². The van der Waals surface area contributed by atoms with Crippen molar-refractivity contribution in [2.75, 3.05) is 19.8 Å². The van der Waals surface area contributed by atoms with E-state index in [1.807, 2.05) is 24.5 Å². The first-order chi connectivity index (χ1) is 9.63. The molecular weight excluding hydrogens is 294 g/mol. The maximum absolute atomic E-state index is 11.1. The van der Waals surface area contributed by atoms with Gasteiger partial charge in [-0.2, -0.15) is 0 Å². The normalized spacial score (nSPS) is 10.8. The van der Waals surface area contributed by atoms with Gasteiger partial charge in [-0.3, -0.25) is 4.79 Å². The summed E-state index contributed by atoms with van der Waals surface area (Å²) in [6.07, 6.45) is 2.03. The summed E-state index contributed by atoms with van der Waals surface area (Å²) in [5.41, 5.74) is 1.77. The molecule has 0 spiro atoms. The molecule has 1 aromatic heterocycles. The van der Waals surface area contributed by atoms with Gasteiger partial charge in [0.2, 0.25) is 5.91 Å². The van der Waals surface area contributed by atoms with Crippen molar-refractivity contribution in [2.24, 2.45) is 0 Å². The molecule has 1 aromatic carbocycles. The van der Waals surface area contributed by atoms with Crippen molar-refractivity contribution >= 4 is 40.2 Å². The van der Waals surface area contributed by atoms with Gasteiger partial charge in [0.05, 0.1) is 12.1 Å². The second-order valence-electron chi connectivity index (χ2n) is 4.27. The van der Waals surface area contributed by atoms with Crippen LogP contribution in [0, 0.1) is 0 Å². The van der Waals surface area contributed by atoms with Gasteiger partial charge in [-0.15, -0.1) is 11.8 Å². The van der Waals surface area contributed by atoms with Gasteiger partial charge in [0, 0.05) is 29.4 Å². The van der Waals surface area contributed by atoms with Crippen LogP contribution in [-0.4, -0.2) is 30.7 Å². The SMILES string of the molecule is CNC(=O)CNCc1cc2ccc(SC)cc2nc1Cl.